The zero-order valence-electron chi connectivity index (χ0n) is 7.58. The minimum Gasteiger partial charge on any atom is -0.619 e. The standard InChI is InChI=1S/C9H13NO3S/c11-8(3-5-14)9(12)7-2-1-4-10(13)6-7/h1-2,4,6,8-9,11-12,14H,3,5H2. The largest absolute Gasteiger partial charge is 0.619 e. The molecule has 1 aromatic rings. The Balaban J connectivity index is 2.73. The van der Waals surface area contributed by atoms with Gasteiger partial charge >= 0.3 is 0 Å². The maximum absolute atomic E-state index is 10.9. The summed E-state index contributed by atoms with van der Waals surface area (Å²) in [6.07, 6.45) is 1.05. The van der Waals surface area contributed by atoms with Crippen LogP contribution in [0.15, 0.2) is 24.5 Å². The number of hydrogen-bond donors (Lipinski definition) is 3. The molecule has 1 aromatic heterocycles. The Morgan fingerprint density at radius 2 is 2.21 bits per heavy atom. The molecule has 0 amide bonds. The van der Waals surface area contributed by atoms with Crippen LogP contribution >= 0.6 is 12.6 Å². The van der Waals surface area contributed by atoms with Crippen molar-refractivity contribution in [3.05, 3.63) is 35.3 Å². The third kappa shape index (κ3) is 2.87. The molecule has 0 aliphatic heterocycles. The first-order valence-corrected chi connectivity index (χ1v) is 4.94. The lowest BCUT2D eigenvalue weighted by atomic mass is 10.1. The Morgan fingerprint density at radius 1 is 1.50 bits per heavy atom. The number of aliphatic hydroxyl groups is 2. The second-order valence-electron chi connectivity index (χ2n) is 3.02. The minimum absolute atomic E-state index is 0.387. The highest BCUT2D eigenvalue weighted by Crippen LogP contribution is 2.17. The lowest BCUT2D eigenvalue weighted by molar-refractivity contribution is -0.606. The van der Waals surface area contributed by atoms with E-state index in [0.29, 0.717) is 22.5 Å². The molecule has 14 heavy (non-hydrogen) atoms. The molecule has 0 spiro atoms. The average molecular weight is 215 g/mol. The molecule has 2 N–H and O–H groups in total. The van der Waals surface area contributed by atoms with Gasteiger partial charge in [-0.2, -0.15) is 17.4 Å². The molecule has 0 saturated heterocycles. The quantitative estimate of drug-likeness (QED) is 0.377. The molecule has 4 nitrogen and oxygen atoms in total. The summed E-state index contributed by atoms with van der Waals surface area (Å²) >= 11 is 3.95. The predicted molar refractivity (Wildman–Crippen MR) is 54.8 cm³/mol. The first-order chi connectivity index (χ1) is 6.65. The van der Waals surface area contributed by atoms with Crippen LogP contribution in [0.2, 0.25) is 0 Å². The highest BCUT2D eigenvalue weighted by atomic mass is 32.1. The molecule has 0 bridgehead atoms. The topological polar surface area (TPSA) is 67.4 Å². The van der Waals surface area contributed by atoms with Gasteiger partial charge in [0.15, 0.2) is 12.4 Å². The van der Waals surface area contributed by atoms with Gasteiger partial charge < -0.3 is 15.4 Å². The molecule has 0 fully saturated rings. The van der Waals surface area contributed by atoms with E-state index in [1.54, 1.807) is 6.07 Å². The fourth-order valence-electron chi connectivity index (χ4n) is 1.16. The smallest absolute Gasteiger partial charge is 0.186 e. The fraction of sp³-hybridized carbons (Fsp3) is 0.444. The molecular formula is C9H13NO3S. The molecule has 5 heteroatoms. The van der Waals surface area contributed by atoms with Gasteiger partial charge in [0.25, 0.3) is 0 Å². The van der Waals surface area contributed by atoms with E-state index in [0.717, 1.165) is 0 Å². The van der Waals surface area contributed by atoms with Crippen molar-refractivity contribution >= 4 is 12.6 Å². The summed E-state index contributed by atoms with van der Waals surface area (Å²) in [5, 5.41) is 29.9. The van der Waals surface area contributed by atoms with Gasteiger partial charge in [-0.25, -0.2) is 0 Å². The summed E-state index contributed by atoms with van der Waals surface area (Å²) in [5.74, 6) is 0.489. The molecular weight excluding hydrogens is 202 g/mol. The maximum atomic E-state index is 10.9. The van der Waals surface area contributed by atoms with E-state index < -0.39 is 12.2 Å². The molecule has 0 aliphatic carbocycles. The highest BCUT2D eigenvalue weighted by Gasteiger charge is 2.19. The molecule has 1 heterocycles. The van der Waals surface area contributed by atoms with E-state index in [-0.39, 0.29) is 0 Å². The van der Waals surface area contributed by atoms with E-state index in [2.05, 4.69) is 12.6 Å². The van der Waals surface area contributed by atoms with Gasteiger partial charge in [-0.15, -0.1) is 0 Å². The molecule has 78 valence electrons. The van der Waals surface area contributed by atoms with Gasteiger partial charge in [0.2, 0.25) is 0 Å². The average Bonchev–Trinajstić information content (AvgIpc) is 2.17. The second kappa shape index (κ2) is 5.19. The maximum Gasteiger partial charge on any atom is 0.186 e. The number of hydrogen-bond acceptors (Lipinski definition) is 4. The second-order valence-corrected chi connectivity index (χ2v) is 3.47. The van der Waals surface area contributed by atoms with Gasteiger partial charge in [-0.1, -0.05) is 0 Å². The Hall–Kier alpha value is -0.780. The summed E-state index contributed by atoms with van der Waals surface area (Å²) in [4.78, 5) is 0. The van der Waals surface area contributed by atoms with Crippen LogP contribution in [0.4, 0.5) is 0 Å². The molecule has 0 aromatic carbocycles. The zero-order chi connectivity index (χ0) is 10.6. The van der Waals surface area contributed by atoms with Crippen LogP contribution in [0, 0.1) is 5.21 Å². The molecule has 2 unspecified atom stereocenters. The van der Waals surface area contributed by atoms with Crippen molar-refractivity contribution in [2.75, 3.05) is 5.75 Å². The molecule has 1 rings (SSSR count). The van der Waals surface area contributed by atoms with Gasteiger partial charge in [0, 0.05) is 11.6 Å². The van der Waals surface area contributed by atoms with Crippen LogP contribution in [-0.2, 0) is 0 Å². The van der Waals surface area contributed by atoms with Crippen LogP contribution in [0.5, 0.6) is 0 Å². The van der Waals surface area contributed by atoms with Gasteiger partial charge in [0.1, 0.15) is 6.10 Å². The molecule has 0 radical (unpaired) electrons. The number of nitrogens with zero attached hydrogens (tertiary/aromatic N) is 1. The SMILES string of the molecule is [O-][n+]1cccc(C(O)C(O)CCS)c1. The third-order valence-corrected chi connectivity index (χ3v) is 2.19. The first-order valence-electron chi connectivity index (χ1n) is 4.31. The van der Waals surface area contributed by atoms with Crippen molar-refractivity contribution in [1.29, 1.82) is 0 Å². The fourth-order valence-corrected chi connectivity index (χ4v) is 1.42. The number of pyridine rings is 1. The molecule has 0 aliphatic rings. The summed E-state index contributed by atoms with van der Waals surface area (Å²) in [5.41, 5.74) is 0.414. The van der Waals surface area contributed by atoms with Crippen molar-refractivity contribution in [2.45, 2.75) is 18.6 Å². The Labute approximate surface area is 87.8 Å². The van der Waals surface area contributed by atoms with Gasteiger partial charge in [0.05, 0.1) is 6.10 Å². The van der Waals surface area contributed by atoms with Gasteiger partial charge in [-0.3, -0.25) is 0 Å². The first kappa shape index (κ1) is 11.3. The summed E-state index contributed by atoms with van der Waals surface area (Å²) in [6.45, 7) is 0. The van der Waals surface area contributed by atoms with E-state index in [4.69, 9.17) is 0 Å². The van der Waals surface area contributed by atoms with Crippen molar-refractivity contribution < 1.29 is 14.9 Å². The number of rotatable bonds is 4. The Bertz CT molecular complexity index is 295. The number of thiol groups is 1. The van der Waals surface area contributed by atoms with E-state index >= 15 is 0 Å². The number of aliphatic hydroxyl groups excluding tert-OH is 2. The van der Waals surface area contributed by atoms with E-state index in [1.165, 1.54) is 18.5 Å². The predicted octanol–water partition coefficient (Wildman–Crippen LogP) is 0.0342. The zero-order valence-corrected chi connectivity index (χ0v) is 8.47. The van der Waals surface area contributed by atoms with E-state index in [1.807, 2.05) is 0 Å². The lowest BCUT2D eigenvalue weighted by Gasteiger charge is -2.16. The number of aromatic nitrogens is 1. The Kier molecular flexibility index (Phi) is 4.19. The molecule has 2 atom stereocenters. The van der Waals surface area contributed by atoms with Crippen molar-refractivity contribution in [3.63, 3.8) is 0 Å². The van der Waals surface area contributed by atoms with E-state index in [9.17, 15) is 15.4 Å². The van der Waals surface area contributed by atoms with Crippen molar-refractivity contribution in [2.24, 2.45) is 0 Å². The highest BCUT2D eigenvalue weighted by molar-refractivity contribution is 7.80. The molecule has 0 saturated carbocycles. The third-order valence-electron chi connectivity index (χ3n) is 1.93. The van der Waals surface area contributed by atoms with Crippen LogP contribution in [0.1, 0.15) is 18.1 Å². The van der Waals surface area contributed by atoms with Crippen molar-refractivity contribution in [1.82, 2.24) is 0 Å². The minimum atomic E-state index is -1.02. The summed E-state index contributed by atoms with van der Waals surface area (Å²) < 4.78 is 0.589. The monoisotopic (exact) mass is 215 g/mol. The van der Waals surface area contributed by atoms with Crippen LogP contribution in [0.25, 0.3) is 0 Å². The van der Waals surface area contributed by atoms with Crippen LogP contribution < -0.4 is 4.73 Å². The Morgan fingerprint density at radius 3 is 2.79 bits per heavy atom. The normalized spacial score (nSPS) is 15.1. The van der Waals surface area contributed by atoms with Crippen LogP contribution in [0.3, 0.4) is 0 Å². The van der Waals surface area contributed by atoms with Crippen molar-refractivity contribution in [3.8, 4) is 0 Å². The summed E-state index contributed by atoms with van der Waals surface area (Å²) in [6, 6.07) is 3.12. The van der Waals surface area contributed by atoms with Crippen LogP contribution in [-0.4, -0.2) is 22.1 Å². The lowest BCUT2D eigenvalue weighted by Crippen LogP contribution is -2.27. The summed E-state index contributed by atoms with van der Waals surface area (Å²) in [7, 11) is 0. The van der Waals surface area contributed by atoms with Gasteiger partial charge in [-0.05, 0) is 18.2 Å².